The average Bonchev–Trinajstić information content (AvgIpc) is 2.20. The van der Waals surface area contributed by atoms with E-state index in [-0.39, 0.29) is 10.8 Å². The van der Waals surface area contributed by atoms with Crippen molar-refractivity contribution in [1.29, 1.82) is 0 Å². The first-order valence-corrected chi connectivity index (χ1v) is 6.04. The van der Waals surface area contributed by atoms with Gasteiger partial charge in [-0.1, -0.05) is 6.08 Å². The van der Waals surface area contributed by atoms with Crippen molar-refractivity contribution >= 4 is 33.7 Å². The molecule has 0 bridgehead atoms. The number of hydrogen-bond donors (Lipinski definition) is 1. The lowest BCUT2D eigenvalue weighted by molar-refractivity contribution is 0.0695. The van der Waals surface area contributed by atoms with Crippen LogP contribution in [0.3, 0.4) is 0 Å². The standard InChI is InChI=1S/C11H11BrO2S/c1-3-7(2)15-8-4-5-10(12)9(6-8)11(13)14/h3-7H,1H2,2H3,(H,13,14). The molecule has 1 aromatic carbocycles. The normalized spacial score (nSPS) is 12.1. The number of halogens is 1. The van der Waals surface area contributed by atoms with E-state index in [1.165, 1.54) is 0 Å². The number of carboxylic acid groups (broad SMARTS) is 1. The number of rotatable bonds is 4. The van der Waals surface area contributed by atoms with Gasteiger partial charge in [-0.15, -0.1) is 18.3 Å². The first-order valence-electron chi connectivity index (χ1n) is 4.36. The number of hydrogen-bond acceptors (Lipinski definition) is 2. The molecule has 0 spiro atoms. The Morgan fingerprint density at radius 1 is 1.67 bits per heavy atom. The second-order valence-corrected chi connectivity index (χ2v) is 5.31. The van der Waals surface area contributed by atoms with Crippen molar-refractivity contribution in [2.75, 3.05) is 0 Å². The molecular weight excluding hydrogens is 276 g/mol. The summed E-state index contributed by atoms with van der Waals surface area (Å²) >= 11 is 4.79. The minimum Gasteiger partial charge on any atom is -0.478 e. The molecule has 0 aromatic heterocycles. The second-order valence-electron chi connectivity index (χ2n) is 3.01. The molecule has 0 saturated carbocycles. The first kappa shape index (κ1) is 12.3. The summed E-state index contributed by atoms with van der Waals surface area (Å²) in [5.41, 5.74) is 0.288. The molecule has 0 radical (unpaired) electrons. The van der Waals surface area contributed by atoms with Gasteiger partial charge in [0.2, 0.25) is 0 Å². The molecular formula is C11H11BrO2S. The van der Waals surface area contributed by atoms with Crippen molar-refractivity contribution in [3.8, 4) is 0 Å². The summed E-state index contributed by atoms with van der Waals surface area (Å²) < 4.78 is 0.602. The Labute approximate surface area is 102 Å². The van der Waals surface area contributed by atoms with E-state index in [4.69, 9.17) is 5.11 Å². The van der Waals surface area contributed by atoms with Gasteiger partial charge in [-0.25, -0.2) is 4.79 Å². The lowest BCUT2D eigenvalue weighted by atomic mass is 10.2. The van der Waals surface area contributed by atoms with Gasteiger partial charge in [-0.2, -0.15) is 0 Å². The maximum Gasteiger partial charge on any atom is 0.336 e. The highest BCUT2D eigenvalue weighted by atomic mass is 79.9. The molecule has 80 valence electrons. The molecule has 0 saturated heterocycles. The van der Waals surface area contributed by atoms with Gasteiger partial charge >= 0.3 is 5.97 Å². The van der Waals surface area contributed by atoms with E-state index in [0.717, 1.165) is 4.90 Å². The zero-order valence-corrected chi connectivity index (χ0v) is 10.6. The lowest BCUT2D eigenvalue weighted by Crippen LogP contribution is -1.98. The van der Waals surface area contributed by atoms with Crippen molar-refractivity contribution < 1.29 is 9.90 Å². The largest absolute Gasteiger partial charge is 0.478 e. The van der Waals surface area contributed by atoms with Crippen molar-refractivity contribution in [3.05, 3.63) is 40.9 Å². The third-order valence-electron chi connectivity index (χ3n) is 1.82. The van der Waals surface area contributed by atoms with E-state index >= 15 is 0 Å². The van der Waals surface area contributed by atoms with Crippen LogP contribution in [-0.2, 0) is 0 Å². The minimum atomic E-state index is -0.921. The number of aromatic carboxylic acids is 1. The van der Waals surface area contributed by atoms with Crippen LogP contribution in [0.25, 0.3) is 0 Å². The van der Waals surface area contributed by atoms with Crippen molar-refractivity contribution in [2.24, 2.45) is 0 Å². The Bertz CT molecular complexity index is 390. The van der Waals surface area contributed by atoms with Crippen LogP contribution in [0.2, 0.25) is 0 Å². The number of carbonyl (C=O) groups is 1. The molecule has 0 amide bonds. The summed E-state index contributed by atoms with van der Waals surface area (Å²) in [6.45, 7) is 5.70. The predicted molar refractivity (Wildman–Crippen MR) is 66.6 cm³/mol. The Balaban J connectivity index is 2.97. The molecule has 0 aliphatic rings. The summed E-state index contributed by atoms with van der Waals surface area (Å²) in [5.74, 6) is -0.921. The van der Waals surface area contributed by atoms with Gasteiger partial charge in [-0.05, 0) is 41.1 Å². The van der Waals surface area contributed by atoms with E-state index in [9.17, 15) is 4.79 Å². The fourth-order valence-corrected chi connectivity index (χ4v) is 2.28. The Kier molecular flexibility index (Phi) is 4.42. The zero-order valence-electron chi connectivity index (χ0n) is 8.24. The van der Waals surface area contributed by atoms with Crippen molar-refractivity contribution in [3.63, 3.8) is 0 Å². The van der Waals surface area contributed by atoms with Crippen molar-refractivity contribution in [2.45, 2.75) is 17.1 Å². The van der Waals surface area contributed by atoms with Crippen LogP contribution in [0.5, 0.6) is 0 Å². The fraction of sp³-hybridized carbons (Fsp3) is 0.182. The van der Waals surface area contributed by atoms with E-state index < -0.39 is 5.97 Å². The quantitative estimate of drug-likeness (QED) is 0.675. The topological polar surface area (TPSA) is 37.3 Å². The van der Waals surface area contributed by atoms with Gasteiger partial charge in [0.25, 0.3) is 0 Å². The Hall–Kier alpha value is -0.740. The van der Waals surface area contributed by atoms with Crippen LogP contribution in [0.4, 0.5) is 0 Å². The summed E-state index contributed by atoms with van der Waals surface area (Å²) in [6.07, 6.45) is 1.83. The van der Waals surface area contributed by atoms with Crippen molar-refractivity contribution in [1.82, 2.24) is 0 Å². The molecule has 1 aromatic rings. The molecule has 1 N–H and O–H groups in total. The van der Waals surface area contributed by atoms with Gasteiger partial charge in [0.15, 0.2) is 0 Å². The van der Waals surface area contributed by atoms with E-state index in [1.807, 2.05) is 19.1 Å². The minimum absolute atomic E-state index is 0.271. The molecule has 1 unspecified atom stereocenters. The maximum atomic E-state index is 10.9. The van der Waals surface area contributed by atoms with E-state index in [2.05, 4.69) is 22.5 Å². The Morgan fingerprint density at radius 3 is 2.87 bits per heavy atom. The fourth-order valence-electron chi connectivity index (χ4n) is 1.00. The molecule has 2 nitrogen and oxygen atoms in total. The molecule has 1 atom stereocenters. The lowest BCUT2D eigenvalue weighted by Gasteiger charge is -2.07. The van der Waals surface area contributed by atoms with Crippen LogP contribution < -0.4 is 0 Å². The summed E-state index contributed by atoms with van der Waals surface area (Å²) in [4.78, 5) is 11.8. The zero-order chi connectivity index (χ0) is 11.4. The number of carboxylic acids is 1. The van der Waals surface area contributed by atoms with Crippen LogP contribution in [0.15, 0.2) is 40.2 Å². The second kappa shape index (κ2) is 5.37. The average molecular weight is 287 g/mol. The molecule has 15 heavy (non-hydrogen) atoms. The van der Waals surface area contributed by atoms with Gasteiger partial charge in [0, 0.05) is 14.6 Å². The molecule has 0 aliphatic carbocycles. The third-order valence-corrected chi connectivity index (χ3v) is 3.60. The van der Waals surface area contributed by atoms with Crippen LogP contribution in [0, 0.1) is 0 Å². The SMILES string of the molecule is C=CC(C)Sc1ccc(Br)c(C(=O)O)c1. The number of benzene rings is 1. The predicted octanol–water partition coefficient (Wildman–Crippen LogP) is 3.81. The Morgan fingerprint density at radius 2 is 2.33 bits per heavy atom. The molecule has 1 rings (SSSR count). The van der Waals surface area contributed by atoms with Crippen LogP contribution in [0.1, 0.15) is 17.3 Å². The smallest absolute Gasteiger partial charge is 0.336 e. The summed E-state index contributed by atoms with van der Waals surface area (Å²) in [6, 6.07) is 5.31. The molecule has 0 fully saturated rings. The molecule has 0 heterocycles. The van der Waals surface area contributed by atoms with E-state index in [0.29, 0.717) is 4.47 Å². The van der Waals surface area contributed by atoms with Gasteiger partial charge in [0.05, 0.1) is 5.56 Å². The highest BCUT2D eigenvalue weighted by molar-refractivity contribution is 9.10. The van der Waals surface area contributed by atoms with Gasteiger partial charge < -0.3 is 5.11 Å². The number of thioether (sulfide) groups is 1. The maximum absolute atomic E-state index is 10.9. The monoisotopic (exact) mass is 286 g/mol. The van der Waals surface area contributed by atoms with Gasteiger partial charge in [-0.3, -0.25) is 0 Å². The summed E-state index contributed by atoms with van der Waals surface area (Å²) in [7, 11) is 0. The van der Waals surface area contributed by atoms with Crippen LogP contribution >= 0.6 is 27.7 Å². The van der Waals surface area contributed by atoms with E-state index in [1.54, 1.807) is 23.9 Å². The summed E-state index contributed by atoms with van der Waals surface area (Å²) in [5, 5.41) is 9.19. The van der Waals surface area contributed by atoms with Crippen LogP contribution in [-0.4, -0.2) is 16.3 Å². The highest BCUT2D eigenvalue weighted by Gasteiger charge is 2.10. The first-order chi connectivity index (χ1) is 7.04. The highest BCUT2D eigenvalue weighted by Crippen LogP contribution is 2.28. The van der Waals surface area contributed by atoms with Gasteiger partial charge in [0.1, 0.15) is 0 Å². The molecule has 4 heteroatoms. The third kappa shape index (κ3) is 3.39. The molecule has 0 aliphatic heterocycles.